The van der Waals surface area contributed by atoms with Crippen molar-refractivity contribution in [2.75, 3.05) is 4.90 Å². The summed E-state index contributed by atoms with van der Waals surface area (Å²) in [4.78, 5) is 38.6. The number of rotatable bonds is 1. The SMILES string of the molecule is O=C1C[C@@H](O)[C@@H](O)[C@@H]2[C@@H]3C(=O)N(c4ccc(F)cc4F)C(=O)[C@@H]3CC[C@H]12. The summed E-state index contributed by atoms with van der Waals surface area (Å²) in [7, 11) is 0. The smallest absolute Gasteiger partial charge is 0.238 e. The summed E-state index contributed by atoms with van der Waals surface area (Å²) in [6.07, 6.45) is -2.18. The molecule has 138 valence electrons. The van der Waals surface area contributed by atoms with Crippen LogP contribution in [0.5, 0.6) is 0 Å². The number of anilines is 1. The van der Waals surface area contributed by atoms with E-state index in [1.165, 1.54) is 0 Å². The molecule has 1 saturated heterocycles. The molecule has 26 heavy (non-hydrogen) atoms. The summed E-state index contributed by atoms with van der Waals surface area (Å²) in [6, 6.07) is 2.56. The summed E-state index contributed by atoms with van der Waals surface area (Å²) < 4.78 is 27.3. The van der Waals surface area contributed by atoms with Gasteiger partial charge in [-0.25, -0.2) is 13.7 Å². The standard InChI is InChI=1S/C18H17F2NO5/c19-7-1-4-11(10(20)5-7)21-17(25)9-3-2-8-12(22)6-13(23)16(24)14(8)15(9)18(21)26/h1,4-5,8-9,13-16,23-24H,2-3,6H2/t8-,9-,13-,14+,15-,16-/m1/s1. The van der Waals surface area contributed by atoms with E-state index in [0.717, 1.165) is 12.1 Å². The summed E-state index contributed by atoms with van der Waals surface area (Å²) in [5.74, 6) is -6.73. The highest BCUT2D eigenvalue weighted by Crippen LogP contribution is 2.50. The number of Topliss-reactive ketones (excluding diaryl/α,β-unsaturated/α-hetero) is 1. The van der Waals surface area contributed by atoms with Crippen molar-refractivity contribution in [3.05, 3.63) is 29.8 Å². The minimum Gasteiger partial charge on any atom is -0.390 e. The average molecular weight is 365 g/mol. The lowest BCUT2D eigenvalue weighted by Crippen LogP contribution is -2.54. The normalized spacial score (nSPS) is 36.9. The molecule has 2 aliphatic carbocycles. The van der Waals surface area contributed by atoms with Gasteiger partial charge in [0.05, 0.1) is 29.7 Å². The van der Waals surface area contributed by atoms with E-state index in [1.807, 2.05) is 0 Å². The Morgan fingerprint density at radius 1 is 1.00 bits per heavy atom. The summed E-state index contributed by atoms with van der Waals surface area (Å²) in [6.45, 7) is 0. The zero-order valence-corrected chi connectivity index (χ0v) is 13.6. The lowest BCUT2D eigenvalue weighted by molar-refractivity contribution is -0.155. The van der Waals surface area contributed by atoms with Crippen LogP contribution in [0.1, 0.15) is 19.3 Å². The number of imide groups is 1. The highest BCUT2D eigenvalue weighted by Gasteiger charge is 2.60. The number of carbonyl (C=O) groups is 3. The van der Waals surface area contributed by atoms with Crippen molar-refractivity contribution in [2.45, 2.75) is 31.5 Å². The van der Waals surface area contributed by atoms with Crippen molar-refractivity contribution >= 4 is 23.3 Å². The number of aliphatic hydroxyl groups excluding tert-OH is 2. The molecule has 0 aromatic heterocycles. The minimum absolute atomic E-state index is 0.182. The van der Waals surface area contributed by atoms with Crippen molar-refractivity contribution in [2.24, 2.45) is 23.7 Å². The third kappa shape index (κ3) is 2.32. The quantitative estimate of drug-likeness (QED) is 0.718. The molecule has 2 saturated carbocycles. The summed E-state index contributed by atoms with van der Waals surface area (Å²) in [5, 5.41) is 20.3. The maximum atomic E-state index is 14.1. The van der Waals surface area contributed by atoms with Gasteiger partial charge in [-0.3, -0.25) is 14.4 Å². The Labute approximate surface area is 147 Å². The van der Waals surface area contributed by atoms with E-state index in [9.17, 15) is 33.4 Å². The predicted octanol–water partition coefficient (Wildman–Crippen LogP) is 0.791. The molecule has 6 nitrogen and oxygen atoms in total. The molecule has 1 aromatic carbocycles. The van der Waals surface area contributed by atoms with Crippen molar-refractivity contribution in [3.8, 4) is 0 Å². The van der Waals surface area contributed by atoms with E-state index in [4.69, 9.17) is 0 Å². The highest BCUT2D eigenvalue weighted by atomic mass is 19.1. The van der Waals surface area contributed by atoms with Crippen LogP contribution in [0.4, 0.5) is 14.5 Å². The molecular formula is C18H17F2NO5. The van der Waals surface area contributed by atoms with Gasteiger partial charge in [0.25, 0.3) is 0 Å². The van der Waals surface area contributed by atoms with Gasteiger partial charge in [0.2, 0.25) is 11.8 Å². The van der Waals surface area contributed by atoms with Gasteiger partial charge in [0.15, 0.2) is 0 Å². The second-order valence-corrected chi connectivity index (χ2v) is 7.23. The fraction of sp³-hybridized carbons (Fsp3) is 0.500. The van der Waals surface area contributed by atoms with Gasteiger partial charge in [-0.15, -0.1) is 0 Å². The number of halogens is 2. The van der Waals surface area contributed by atoms with Gasteiger partial charge >= 0.3 is 0 Å². The predicted molar refractivity (Wildman–Crippen MR) is 83.7 cm³/mol. The number of hydrogen-bond donors (Lipinski definition) is 2. The topological polar surface area (TPSA) is 94.9 Å². The van der Waals surface area contributed by atoms with Crippen molar-refractivity contribution in [1.29, 1.82) is 0 Å². The largest absolute Gasteiger partial charge is 0.390 e. The third-order valence-corrected chi connectivity index (χ3v) is 5.91. The van der Waals surface area contributed by atoms with Crippen LogP contribution in [-0.4, -0.2) is 40.0 Å². The van der Waals surface area contributed by atoms with Crippen LogP contribution >= 0.6 is 0 Å². The number of fused-ring (bicyclic) bond motifs is 3. The Morgan fingerprint density at radius 3 is 2.38 bits per heavy atom. The molecule has 3 aliphatic rings. The molecule has 6 atom stereocenters. The molecule has 0 spiro atoms. The number of carbonyl (C=O) groups excluding carboxylic acids is 3. The number of ketones is 1. The molecule has 4 rings (SSSR count). The van der Waals surface area contributed by atoms with Crippen LogP contribution in [0.15, 0.2) is 18.2 Å². The molecule has 0 unspecified atom stereocenters. The number of amides is 2. The van der Waals surface area contributed by atoms with Crippen LogP contribution in [0.25, 0.3) is 0 Å². The van der Waals surface area contributed by atoms with Gasteiger partial charge in [-0.1, -0.05) is 0 Å². The average Bonchev–Trinajstić information content (AvgIpc) is 2.84. The minimum atomic E-state index is -1.31. The fourth-order valence-corrected chi connectivity index (χ4v) is 4.75. The van der Waals surface area contributed by atoms with Crippen molar-refractivity contribution < 1.29 is 33.4 Å². The van der Waals surface area contributed by atoms with Crippen LogP contribution in [-0.2, 0) is 14.4 Å². The first kappa shape index (κ1) is 17.2. The van der Waals surface area contributed by atoms with Crippen molar-refractivity contribution in [3.63, 3.8) is 0 Å². The Morgan fingerprint density at radius 2 is 1.69 bits per heavy atom. The van der Waals surface area contributed by atoms with Gasteiger partial charge in [0, 0.05) is 24.3 Å². The molecule has 1 aromatic rings. The van der Waals surface area contributed by atoms with Gasteiger partial charge in [0.1, 0.15) is 17.4 Å². The fourth-order valence-electron chi connectivity index (χ4n) is 4.75. The number of nitrogens with zero attached hydrogens (tertiary/aromatic N) is 1. The molecule has 1 heterocycles. The van der Waals surface area contributed by atoms with E-state index >= 15 is 0 Å². The first-order chi connectivity index (χ1) is 12.3. The lowest BCUT2D eigenvalue weighted by atomic mass is 9.60. The molecule has 0 radical (unpaired) electrons. The zero-order valence-electron chi connectivity index (χ0n) is 13.6. The van der Waals surface area contributed by atoms with Gasteiger partial charge in [-0.05, 0) is 25.0 Å². The molecule has 1 aliphatic heterocycles. The van der Waals surface area contributed by atoms with Crippen LogP contribution in [0.2, 0.25) is 0 Å². The Bertz CT molecular complexity index is 813. The molecule has 3 fully saturated rings. The van der Waals surface area contributed by atoms with Crippen LogP contribution in [0, 0.1) is 35.3 Å². The Hall–Kier alpha value is -2.19. The number of benzene rings is 1. The first-order valence-electron chi connectivity index (χ1n) is 8.53. The molecule has 2 amide bonds. The van der Waals surface area contributed by atoms with Crippen molar-refractivity contribution in [1.82, 2.24) is 0 Å². The monoisotopic (exact) mass is 365 g/mol. The summed E-state index contributed by atoms with van der Waals surface area (Å²) in [5.41, 5.74) is -0.343. The highest BCUT2D eigenvalue weighted by molar-refractivity contribution is 6.22. The maximum absolute atomic E-state index is 14.1. The Balaban J connectivity index is 1.75. The second-order valence-electron chi connectivity index (χ2n) is 7.23. The van der Waals surface area contributed by atoms with Crippen LogP contribution < -0.4 is 4.90 Å². The van der Waals surface area contributed by atoms with Crippen LogP contribution in [0.3, 0.4) is 0 Å². The van der Waals surface area contributed by atoms with Gasteiger partial charge < -0.3 is 10.2 Å². The second kappa shape index (κ2) is 5.92. The first-order valence-corrected chi connectivity index (χ1v) is 8.53. The number of aliphatic hydroxyl groups is 2. The molecular weight excluding hydrogens is 348 g/mol. The zero-order chi connectivity index (χ0) is 18.7. The van der Waals surface area contributed by atoms with E-state index in [2.05, 4.69) is 0 Å². The van der Waals surface area contributed by atoms with Gasteiger partial charge in [-0.2, -0.15) is 0 Å². The van der Waals surface area contributed by atoms with E-state index < -0.39 is 59.3 Å². The molecule has 0 bridgehead atoms. The molecule has 2 N–H and O–H groups in total. The molecule has 8 heteroatoms. The van der Waals surface area contributed by atoms with E-state index in [1.54, 1.807) is 0 Å². The third-order valence-electron chi connectivity index (χ3n) is 5.91. The van der Waals surface area contributed by atoms with E-state index in [0.29, 0.717) is 17.4 Å². The number of hydrogen-bond acceptors (Lipinski definition) is 5. The van der Waals surface area contributed by atoms with E-state index in [-0.39, 0.29) is 24.3 Å². The summed E-state index contributed by atoms with van der Waals surface area (Å²) >= 11 is 0. The Kier molecular flexibility index (Phi) is 3.92. The maximum Gasteiger partial charge on any atom is 0.238 e. The lowest BCUT2D eigenvalue weighted by Gasteiger charge is -2.44.